The number of rotatable bonds is 8. The predicted molar refractivity (Wildman–Crippen MR) is 113 cm³/mol. The number of halogens is 2. The molecule has 1 aliphatic rings. The van der Waals surface area contributed by atoms with Gasteiger partial charge in [-0.2, -0.15) is 8.78 Å². The van der Waals surface area contributed by atoms with Crippen LogP contribution in [0.3, 0.4) is 0 Å². The van der Waals surface area contributed by atoms with Crippen LogP contribution in [0.5, 0.6) is 23.0 Å². The van der Waals surface area contributed by atoms with Crippen molar-refractivity contribution in [3.05, 3.63) is 47.5 Å². The lowest BCUT2D eigenvalue weighted by atomic mass is 10.2. The Kier molecular flexibility index (Phi) is 8.14. The summed E-state index contributed by atoms with van der Waals surface area (Å²) in [7, 11) is 1.64. The van der Waals surface area contributed by atoms with Gasteiger partial charge in [0, 0.05) is 32.1 Å². The number of nitrogens with one attached hydrogen (secondary N) is 2. The van der Waals surface area contributed by atoms with Gasteiger partial charge in [0.1, 0.15) is 0 Å². The molecule has 0 amide bonds. The van der Waals surface area contributed by atoms with E-state index in [1.54, 1.807) is 32.2 Å². The van der Waals surface area contributed by atoms with E-state index in [1.165, 1.54) is 0 Å². The van der Waals surface area contributed by atoms with Gasteiger partial charge in [-0.25, -0.2) is 0 Å². The first kappa shape index (κ1) is 22.5. The summed E-state index contributed by atoms with van der Waals surface area (Å²) in [5.74, 6) is 2.27. The lowest BCUT2D eigenvalue weighted by Crippen LogP contribution is -2.36. The smallest absolute Gasteiger partial charge is 0.387 e. The van der Waals surface area contributed by atoms with Gasteiger partial charge in [-0.3, -0.25) is 4.99 Å². The van der Waals surface area contributed by atoms with Crippen molar-refractivity contribution in [2.75, 3.05) is 26.9 Å². The molecule has 7 nitrogen and oxygen atoms in total. The highest BCUT2D eigenvalue weighted by molar-refractivity contribution is 5.79. The molecule has 0 saturated carbocycles. The first-order chi connectivity index (χ1) is 15.1. The lowest BCUT2D eigenvalue weighted by molar-refractivity contribution is -0.0520. The normalized spacial score (nSPS) is 13.5. The number of alkyl halides is 2. The van der Waals surface area contributed by atoms with Crippen LogP contribution in [0.15, 0.2) is 41.4 Å². The number of hydrogen-bond acceptors (Lipinski definition) is 5. The van der Waals surface area contributed by atoms with Crippen molar-refractivity contribution in [3.8, 4) is 23.0 Å². The van der Waals surface area contributed by atoms with E-state index in [2.05, 4.69) is 15.6 Å². The lowest BCUT2D eigenvalue weighted by Gasteiger charge is -2.17. The zero-order valence-corrected chi connectivity index (χ0v) is 17.6. The standard InChI is InChI=1S/C22H27F2N3O4/c1-3-28-18-7-4-6-16(20(18)31-21(23)24)14-27-22(25-2)26-13-15-8-9-17-19(12-15)30-11-5-10-29-17/h4,6-9,12,21H,3,5,10-11,13-14H2,1-2H3,(H2,25,26,27). The summed E-state index contributed by atoms with van der Waals surface area (Å²) in [4.78, 5) is 4.19. The van der Waals surface area contributed by atoms with Crippen molar-refractivity contribution in [1.29, 1.82) is 0 Å². The van der Waals surface area contributed by atoms with Gasteiger partial charge < -0.3 is 29.6 Å². The Hall–Kier alpha value is -3.23. The molecule has 0 unspecified atom stereocenters. The van der Waals surface area contributed by atoms with Gasteiger partial charge in [0.15, 0.2) is 29.0 Å². The molecule has 0 spiro atoms. The summed E-state index contributed by atoms with van der Waals surface area (Å²) in [6.45, 7) is 1.16. The van der Waals surface area contributed by atoms with E-state index >= 15 is 0 Å². The molecule has 0 atom stereocenters. The van der Waals surface area contributed by atoms with Gasteiger partial charge in [0.25, 0.3) is 0 Å². The van der Waals surface area contributed by atoms with Gasteiger partial charge in [0.2, 0.25) is 0 Å². The zero-order chi connectivity index (χ0) is 22.1. The van der Waals surface area contributed by atoms with Crippen molar-refractivity contribution >= 4 is 5.96 Å². The van der Waals surface area contributed by atoms with E-state index in [0.717, 1.165) is 23.5 Å². The largest absolute Gasteiger partial charge is 0.490 e. The van der Waals surface area contributed by atoms with Crippen LogP contribution in [-0.2, 0) is 13.1 Å². The van der Waals surface area contributed by atoms with Crippen LogP contribution < -0.4 is 29.6 Å². The van der Waals surface area contributed by atoms with E-state index in [1.807, 2.05) is 18.2 Å². The highest BCUT2D eigenvalue weighted by atomic mass is 19.3. The monoisotopic (exact) mass is 435 g/mol. The van der Waals surface area contributed by atoms with E-state index in [0.29, 0.717) is 37.9 Å². The molecule has 0 bridgehead atoms. The zero-order valence-electron chi connectivity index (χ0n) is 17.6. The Bertz CT molecular complexity index is 893. The molecule has 0 radical (unpaired) electrons. The summed E-state index contributed by atoms with van der Waals surface area (Å²) >= 11 is 0. The van der Waals surface area contributed by atoms with E-state index in [4.69, 9.17) is 18.9 Å². The molecule has 2 aromatic carbocycles. The molecular weight excluding hydrogens is 408 g/mol. The van der Waals surface area contributed by atoms with Crippen LogP contribution in [0.25, 0.3) is 0 Å². The van der Waals surface area contributed by atoms with Gasteiger partial charge in [-0.05, 0) is 30.7 Å². The highest BCUT2D eigenvalue weighted by Crippen LogP contribution is 2.33. The number of guanidine groups is 1. The molecule has 0 fully saturated rings. The van der Waals surface area contributed by atoms with E-state index in [-0.39, 0.29) is 18.0 Å². The Morgan fingerprint density at radius 2 is 1.87 bits per heavy atom. The van der Waals surface area contributed by atoms with Gasteiger partial charge in [-0.15, -0.1) is 0 Å². The number of fused-ring (bicyclic) bond motifs is 1. The first-order valence-corrected chi connectivity index (χ1v) is 10.1. The third-order valence-corrected chi connectivity index (χ3v) is 4.51. The van der Waals surface area contributed by atoms with E-state index < -0.39 is 6.61 Å². The van der Waals surface area contributed by atoms with Crippen molar-refractivity contribution in [1.82, 2.24) is 10.6 Å². The third-order valence-electron chi connectivity index (χ3n) is 4.51. The Balaban J connectivity index is 1.62. The number of para-hydroxylation sites is 1. The Morgan fingerprint density at radius 3 is 2.61 bits per heavy atom. The Labute approximate surface area is 180 Å². The van der Waals surface area contributed by atoms with Crippen molar-refractivity contribution in [2.24, 2.45) is 4.99 Å². The molecule has 2 N–H and O–H groups in total. The van der Waals surface area contributed by atoms with Crippen LogP contribution >= 0.6 is 0 Å². The maximum atomic E-state index is 12.9. The molecule has 1 aliphatic heterocycles. The first-order valence-electron chi connectivity index (χ1n) is 10.1. The second-order valence-electron chi connectivity index (χ2n) is 6.67. The maximum Gasteiger partial charge on any atom is 0.387 e. The number of hydrogen-bond donors (Lipinski definition) is 2. The molecule has 0 saturated heterocycles. The van der Waals surface area contributed by atoms with Crippen molar-refractivity contribution in [3.63, 3.8) is 0 Å². The van der Waals surface area contributed by atoms with Gasteiger partial charge in [-0.1, -0.05) is 18.2 Å². The van der Waals surface area contributed by atoms with Gasteiger partial charge >= 0.3 is 6.61 Å². The fourth-order valence-corrected chi connectivity index (χ4v) is 3.10. The second-order valence-corrected chi connectivity index (χ2v) is 6.67. The molecular formula is C22H27F2N3O4. The van der Waals surface area contributed by atoms with Crippen molar-refractivity contribution in [2.45, 2.75) is 33.0 Å². The number of nitrogens with zero attached hydrogens (tertiary/aromatic N) is 1. The summed E-state index contributed by atoms with van der Waals surface area (Å²) < 4.78 is 47.3. The third kappa shape index (κ3) is 6.37. The van der Waals surface area contributed by atoms with Crippen LogP contribution in [0.4, 0.5) is 8.78 Å². The Morgan fingerprint density at radius 1 is 1.10 bits per heavy atom. The molecule has 0 aromatic heterocycles. The molecule has 0 aliphatic carbocycles. The average molecular weight is 435 g/mol. The number of benzene rings is 2. The van der Waals surface area contributed by atoms with Crippen LogP contribution in [-0.4, -0.2) is 39.4 Å². The van der Waals surface area contributed by atoms with Crippen LogP contribution in [0.2, 0.25) is 0 Å². The van der Waals surface area contributed by atoms with Crippen LogP contribution in [0, 0.1) is 0 Å². The SMILES string of the molecule is CCOc1cccc(CNC(=NC)NCc2ccc3c(c2)OCCCO3)c1OC(F)F. The molecule has 168 valence electrons. The fourth-order valence-electron chi connectivity index (χ4n) is 3.10. The molecule has 2 aromatic rings. The minimum absolute atomic E-state index is 0.0187. The summed E-state index contributed by atoms with van der Waals surface area (Å²) in [5.41, 5.74) is 1.53. The number of aliphatic imine (C=N–C) groups is 1. The predicted octanol–water partition coefficient (Wildman–Crippen LogP) is 3.71. The quantitative estimate of drug-likeness (QED) is 0.487. The minimum Gasteiger partial charge on any atom is -0.490 e. The molecule has 3 rings (SSSR count). The second kappa shape index (κ2) is 11.2. The topological polar surface area (TPSA) is 73.3 Å². The number of ether oxygens (including phenoxy) is 4. The summed E-state index contributed by atoms with van der Waals surface area (Å²) in [6.07, 6.45) is 0.848. The minimum atomic E-state index is -2.95. The molecule has 9 heteroatoms. The van der Waals surface area contributed by atoms with Crippen molar-refractivity contribution < 1.29 is 27.7 Å². The fraction of sp³-hybridized carbons (Fsp3) is 0.409. The molecule has 31 heavy (non-hydrogen) atoms. The highest BCUT2D eigenvalue weighted by Gasteiger charge is 2.16. The summed E-state index contributed by atoms with van der Waals surface area (Å²) in [6, 6.07) is 10.8. The van der Waals surface area contributed by atoms with E-state index in [9.17, 15) is 8.78 Å². The average Bonchev–Trinajstić information content (AvgIpc) is 3.00. The molecule has 1 heterocycles. The van der Waals surface area contributed by atoms with Crippen LogP contribution in [0.1, 0.15) is 24.5 Å². The summed E-state index contributed by atoms with van der Waals surface area (Å²) in [5, 5.41) is 6.31. The van der Waals surface area contributed by atoms with Gasteiger partial charge in [0.05, 0.1) is 19.8 Å². The maximum absolute atomic E-state index is 12.9.